The van der Waals surface area contributed by atoms with Crippen molar-refractivity contribution in [1.82, 2.24) is 15.8 Å². The Labute approximate surface area is 167 Å². The van der Waals surface area contributed by atoms with Crippen molar-refractivity contribution in [1.29, 1.82) is 0 Å². The van der Waals surface area contributed by atoms with Gasteiger partial charge < -0.3 is 24.6 Å². The van der Waals surface area contributed by atoms with Gasteiger partial charge in [-0.05, 0) is 26.2 Å². The Balaban J connectivity index is 0.00000312. The number of guanidine groups is 1. The molecule has 1 aliphatic heterocycles. The Morgan fingerprint density at radius 1 is 1.44 bits per heavy atom. The minimum Gasteiger partial charge on any atom is -0.379 e. The molecule has 2 N–H and O–H groups in total. The summed E-state index contributed by atoms with van der Waals surface area (Å²) in [5.41, 5.74) is 0.957. The SMILES string of the molecule is CCNC(=NCc1cc(C(C)C)no1)NC(C)COC1CCOC1.I. The van der Waals surface area contributed by atoms with Crippen LogP contribution < -0.4 is 10.6 Å². The van der Waals surface area contributed by atoms with E-state index >= 15 is 0 Å². The summed E-state index contributed by atoms with van der Waals surface area (Å²) in [5, 5.41) is 10.6. The van der Waals surface area contributed by atoms with E-state index in [0.29, 0.717) is 25.7 Å². The van der Waals surface area contributed by atoms with Gasteiger partial charge in [-0.15, -0.1) is 24.0 Å². The largest absolute Gasteiger partial charge is 0.379 e. The van der Waals surface area contributed by atoms with Gasteiger partial charge in [0.05, 0.1) is 25.0 Å². The van der Waals surface area contributed by atoms with E-state index in [2.05, 4.69) is 41.6 Å². The monoisotopic (exact) mass is 466 g/mol. The summed E-state index contributed by atoms with van der Waals surface area (Å²) in [6.45, 7) is 11.7. The number of rotatable bonds is 8. The van der Waals surface area contributed by atoms with Crippen molar-refractivity contribution in [3.05, 3.63) is 17.5 Å². The molecule has 8 heteroatoms. The summed E-state index contributed by atoms with van der Waals surface area (Å²) in [7, 11) is 0. The van der Waals surface area contributed by atoms with Crippen LogP contribution >= 0.6 is 24.0 Å². The number of nitrogens with one attached hydrogen (secondary N) is 2. The van der Waals surface area contributed by atoms with Gasteiger partial charge in [0.15, 0.2) is 11.7 Å². The van der Waals surface area contributed by atoms with Crippen LogP contribution in [0.3, 0.4) is 0 Å². The lowest BCUT2D eigenvalue weighted by Crippen LogP contribution is -2.44. The average molecular weight is 466 g/mol. The van der Waals surface area contributed by atoms with Crippen LogP contribution in [-0.2, 0) is 16.0 Å². The molecule has 1 saturated heterocycles. The summed E-state index contributed by atoms with van der Waals surface area (Å²) in [4.78, 5) is 4.56. The zero-order chi connectivity index (χ0) is 17.4. The Bertz CT molecular complexity index is 516. The van der Waals surface area contributed by atoms with Crippen LogP contribution in [0.15, 0.2) is 15.6 Å². The van der Waals surface area contributed by atoms with Gasteiger partial charge in [-0.3, -0.25) is 0 Å². The Morgan fingerprint density at radius 2 is 2.24 bits per heavy atom. The van der Waals surface area contributed by atoms with Crippen molar-refractivity contribution >= 4 is 29.9 Å². The molecule has 25 heavy (non-hydrogen) atoms. The zero-order valence-corrected chi connectivity index (χ0v) is 17.9. The second-order valence-electron chi connectivity index (χ2n) is 6.43. The molecule has 1 aliphatic rings. The van der Waals surface area contributed by atoms with Gasteiger partial charge in [0.1, 0.15) is 6.54 Å². The van der Waals surface area contributed by atoms with Gasteiger partial charge in [0.2, 0.25) is 0 Å². The fourth-order valence-electron chi connectivity index (χ4n) is 2.35. The molecule has 2 unspecified atom stereocenters. The number of hydrogen-bond acceptors (Lipinski definition) is 5. The standard InChI is InChI=1S/C17H30N4O3.HI/c1-5-18-17(19-9-15-8-16(12(2)3)21-24-15)20-13(4)10-23-14-6-7-22-11-14;/h8,12-14H,5-7,9-11H2,1-4H3,(H2,18,19,20);1H. The topological polar surface area (TPSA) is 80.9 Å². The molecule has 0 amide bonds. The molecule has 0 bridgehead atoms. The first-order valence-electron chi connectivity index (χ1n) is 8.78. The third-order valence-corrected chi connectivity index (χ3v) is 3.76. The molecule has 2 rings (SSSR count). The summed E-state index contributed by atoms with van der Waals surface area (Å²) in [5.74, 6) is 1.87. The van der Waals surface area contributed by atoms with Gasteiger partial charge >= 0.3 is 0 Å². The average Bonchev–Trinajstić information content (AvgIpc) is 3.22. The van der Waals surface area contributed by atoms with Crippen molar-refractivity contribution in [3.8, 4) is 0 Å². The van der Waals surface area contributed by atoms with Gasteiger partial charge in [-0.2, -0.15) is 0 Å². The van der Waals surface area contributed by atoms with Gasteiger partial charge in [-0.25, -0.2) is 4.99 Å². The molecule has 2 heterocycles. The maximum atomic E-state index is 5.84. The van der Waals surface area contributed by atoms with Crippen LogP contribution in [0.25, 0.3) is 0 Å². The molecule has 0 aliphatic carbocycles. The second-order valence-corrected chi connectivity index (χ2v) is 6.43. The molecule has 7 nitrogen and oxygen atoms in total. The van der Waals surface area contributed by atoms with Crippen molar-refractivity contribution < 1.29 is 14.0 Å². The molecule has 0 aromatic carbocycles. The number of halogens is 1. The second kappa shape index (κ2) is 11.7. The Morgan fingerprint density at radius 3 is 2.84 bits per heavy atom. The van der Waals surface area contributed by atoms with Gasteiger partial charge in [0.25, 0.3) is 0 Å². The quantitative estimate of drug-likeness (QED) is 0.349. The highest BCUT2D eigenvalue weighted by Crippen LogP contribution is 2.14. The van der Waals surface area contributed by atoms with Crippen LogP contribution in [0.1, 0.15) is 51.5 Å². The van der Waals surface area contributed by atoms with Crippen LogP contribution in [-0.4, -0.2) is 49.6 Å². The number of ether oxygens (including phenoxy) is 2. The third-order valence-electron chi connectivity index (χ3n) is 3.76. The van der Waals surface area contributed by atoms with Crippen molar-refractivity contribution in [2.24, 2.45) is 4.99 Å². The minimum atomic E-state index is 0. The van der Waals surface area contributed by atoms with E-state index in [9.17, 15) is 0 Å². The first-order valence-corrected chi connectivity index (χ1v) is 8.78. The third kappa shape index (κ3) is 7.91. The van der Waals surface area contributed by atoms with E-state index in [1.54, 1.807) is 0 Å². The van der Waals surface area contributed by atoms with Crippen LogP contribution in [0.2, 0.25) is 0 Å². The summed E-state index contributed by atoms with van der Waals surface area (Å²) >= 11 is 0. The molecule has 1 fully saturated rings. The molecular formula is C17H31IN4O3. The highest BCUT2D eigenvalue weighted by atomic mass is 127. The molecule has 0 spiro atoms. The maximum Gasteiger partial charge on any atom is 0.191 e. The summed E-state index contributed by atoms with van der Waals surface area (Å²) in [6, 6.07) is 2.12. The normalized spacial score (nSPS) is 18.9. The molecule has 1 aromatic heterocycles. The van der Waals surface area contributed by atoms with E-state index in [4.69, 9.17) is 14.0 Å². The van der Waals surface area contributed by atoms with Crippen LogP contribution in [0.5, 0.6) is 0 Å². The maximum absolute atomic E-state index is 5.84. The highest BCUT2D eigenvalue weighted by Gasteiger charge is 2.17. The number of nitrogens with zero attached hydrogens (tertiary/aromatic N) is 2. The lowest BCUT2D eigenvalue weighted by Gasteiger charge is -2.19. The van der Waals surface area contributed by atoms with Crippen molar-refractivity contribution in [2.45, 2.75) is 58.7 Å². The van der Waals surface area contributed by atoms with E-state index in [-0.39, 0.29) is 36.1 Å². The fourth-order valence-corrected chi connectivity index (χ4v) is 2.35. The minimum absolute atomic E-state index is 0. The van der Waals surface area contributed by atoms with Crippen LogP contribution in [0.4, 0.5) is 0 Å². The number of aromatic nitrogens is 1. The summed E-state index contributed by atoms with van der Waals surface area (Å²) in [6.07, 6.45) is 1.20. The first kappa shape index (κ1) is 22.2. The predicted molar refractivity (Wildman–Crippen MR) is 109 cm³/mol. The molecule has 144 valence electrons. The van der Waals surface area contributed by atoms with Gasteiger partial charge in [0, 0.05) is 25.3 Å². The zero-order valence-electron chi connectivity index (χ0n) is 15.6. The van der Waals surface area contributed by atoms with E-state index in [1.165, 1.54) is 0 Å². The van der Waals surface area contributed by atoms with E-state index in [1.807, 2.05) is 13.0 Å². The smallest absolute Gasteiger partial charge is 0.191 e. The fraction of sp³-hybridized carbons (Fsp3) is 0.765. The van der Waals surface area contributed by atoms with E-state index in [0.717, 1.165) is 37.0 Å². The molecule has 1 aromatic rings. The van der Waals surface area contributed by atoms with Crippen molar-refractivity contribution in [2.75, 3.05) is 26.4 Å². The molecular weight excluding hydrogens is 435 g/mol. The molecule has 0 radical (unpaired) electrons. The summed E-state index contributed by atoms with van der Waals surface area (Å²) < 4.78 is 16.5. The molecule has 2 atom stereocenters. The first-order chi connectivity index (χ1) is 11.6. The van der Waals surface area contributed by atoms with Crippen LogP contribution in [0, 0.1) is 0 Å². The Kier molecular flexibility index (Phi) is 10.4. The van der Waals surface area contributed by atoms with E-state index < -0.39 is 0 Å². The lowest BCUT2D eigenvalue weighted by atomic mass is 10.1. The van der Waals surface area contributed by atoms with Gasteiger partial charge in [-0.1, -0.05) is 19.0 Å². The number of aliphatic imine (C=N–C) groups is 1. The lowest BCUT2D eigenvalue weighted by molar-refractivity contribution is 0.0347. The number of hydrogen-bond donors (Lipinski definition) is 2. The predicted octanol–water partition coefficient (Wildman–Crippen LogP) is 2.67. The highest BCUT2D eigenvalue weighted by molar-refractivity contribution is 14.0. The Hall–Kier alpha value is -0.870. The molecule has 0 saturated carbocycles. The van der Waals surface area contributed by atoms with Crippen molar-refractivity contribution in [3.63, 3.8) is 0 Å².